The molecule has 0 aliphatic carbocycles. The van der Waals surface area contributed by atoms with E-state index < -0.39 is 34.0 Å². The Morgan fingerprint density at radius 3 is 2.52 bits per heavy atom. The Bertz CT molecular complexity index is 1140. The van der Waals surface area contributed by atoms with Gasteiger partial charge in [-0.25, -0.2) is 4.68 Å². The van der Waals surface area contributed by atoms with Crippen LogP contribution < -0.4 is 5.32 Å². The zero-order chi connectivity index (χ0) is 20.8. The summed E-state index contributed by atoms with van der Waals surface area (Å²) in [4.78, 5) is 12.8. The van der Waals surface area contributed by atoms with Gasteiger partial charge in [0.05, 0.1) is 34.0 Å². The molecular formula is C20H16F3N3O2S. The van der Waals surface area contributed by atoms with E-state index in [-0.39, 0.29) is 17.3 Å². The molecule has 150 valence electrons. The summed E-state index contributed by atoms with van der Waals surface area (Å²) in [6.07, 6.45) is -4.66. The van der Waals surface area contributed by atoms with E-state index in [2.05, 4.69) is 10.4 Å². The number of para-hydroxylation sites is 1. The van der Waals surface area contributed by atoms with Crippen molar-refractivity contribution in [1.29, 1.82) is 0 Å². The maximum absolute atomic E-state index is 13.3. The number of nitrogens with one attached hydrogen (secondary N) is 1. The summed E-state index contributed by atoms with van der Waals surface area (Å²) in [5.74, 6) is -0.205. The lowest BCUT2D eigenvalue weighted by atomic mass is 10.1. The minimum atomic E-state index is -4.66. The number of benzene rings is 2. The van der Waals surface area contributed by atoms with E-state index in [0.29, 0.717) is 16.9 Å². The van der Waals surface area contributed by atoms with Crippen LogP contribution in [-0.2, 0) is 28.5 Å². The van der Waals surface area contributed by atoms with Crippen LogP contribution in [0.2, 0.25) is 0 Å². The molecule has 1 aliphatic heterocycles. The number of aromatic nitrogens is 2. The first-order valence-corrected chi connectivity index (χ1v) is 10.2. The number of amides is 1. The van der Waals surface area contributed by atoms with E-state index in [1.807, 2.05) is 19.1 Å². The van der Waals surface area contributed by atoms with Gasteiger partial charge in [-0.15, -0.1) is 0 Å². The SMILES string of the molecule is Cc1ccccc1-n1nc2c(c1NC(=O)c1ccccc1C(F)(F)F)C[S@@](=O)C2. The van der Waals surface area contributed by atoms with Crippen molar-refractivity contribution in [3.63, 3.8) is 0 Å². The van der Waals surface area contributed by atoms with Crippen LogP contribution in [0.25, 0.3) is 5.69 Å². The number of carbonyl (C=O) groups is 1. The molecule has 0 fully saturated rings. The summed E-state index contributed by atoms with van der Waals surface area (Å²) in [7, 11) is -1.15. The highest BCUT2D eigenvalue weighted by Crippen LogP contribution is 2.35. The van der Waals surface area contributed by atoms with Crippen LogP contribution in [0, 0.1) is 6.92 Å². The molecule has 1 atom stereocenters. The minimum absolute atomic E-state index is 0.192. The van der Waals surface area contributed by atoms with E-state index in [9.17, 15) is 22.2 Å². The maximum atomic E-state index is 13.3. The van der Waals surface area contributed by atoms with Gasteiger partial charge < -0.3 is 5.32 Å². The summed E-state index contributed by atoms with van der Waals surface area (Å²) in [5.41, 5.74) is 1.23. The molecular weight excluding hydrogens is 403 g/mol. The highest BCUT2D eigenvalue weighted by molar-refractivity contribution is 7.83. The van der Waals surface area contributed by atoms with Gasteiger partial charge >= 0.3 is 6.18 Å². The molecule has 3 aromatic rings. The molecule has 0 radical (unpaired) electrons. The van der Waals surface area contributed by atoms with Crippen molar-refractivity contribution in [2.45, 2.75) is 24.6 Å². The Morgan fingerprint density at radius 2 is 1.79 bits per heavy atom. The van der Waals surface area contributed by atoms with Crippen LogP contribution in [0.15, 0.2) is 48.5 Å². The summed E-state index contributed by atoms with van der Waals surface area (Å²) < 4.78 is 53.4. The molecule has 5 nitrogen and oxygen atoms in total. The van der Waals surface area contributed by atoms with Gasteiger partial charge in [-0.05, 0) is 30.7 Å². The lowest BCUT2D eigenvalue weighted by molar-refractivity contribution is -0.137. The molecule has 9 heteroatoms. The second-order valence-electron chi connectivity index (χ2n) is 6.70. The van der Waals surface area contributed by atoms with Crippen molar-refractivity contribution in [2.75, 3.05) is 5.32 Å². The van der Waals surface area contributed by atoms with Crippen molar-refractivity contribution in [1.82, 2.24) is 9.78 Å². The average molecular weight is 419 g/mol. The number of fused-ring (bicyclic) bond motifs is 1. The molecule has 1 aliphatic rings. The Morgan fingerprint density at radius 1 is 1.10 bits per heavy atom. The second kappa shape index (κ2) is 7.14. The Balaban J connectivity index is 1.80. The van der Waals surface area contributed by atoms with Gasteiger partial charge in [-0.3, -0.25) is 9.00 Å². The number of hydrogen-bond donors (Lipinski definition) is 1. The normalized spacial score (nSPS) is 15.9. The van der Waals surface area contributed by atoms with Crippen molar-refractivity contribution < 1.29 is 22.2 Å². The number of rotatable bonds is 3. The van der Waals surface area contributed by atoms with Crippen LogP contribution in [0.1, 0.15) is 32.7 Å². The van der Waals surface area contributed by atoms with E-state index in [0.717, 1.165) is 17.7 Å². The van der Waals surface area contributed by atoms with Gasteiger partial charge in [0.1, 0.15) is 5.82 Å². The van der Waals surface area contributed by atoms with Gasteiger partial charge in [0.2, 0.25) is 0 Å². The van der Waals surface area contributed by atoms with Crippen molar-refractivity contribution in [3.8, 4) is 5.69 Å². The standard InChI is InChI=1S/C20H16F3N3O2S/c1-12-6-2-5-9-17(12)26-18(14-10-29(28)11-16(14)25-26)24-19(27)13-7-3-4-8-15(13)20(21,22)23/h2-9H,10-11H2,1H3,(H,24,27)/t29-/m1/s1. The second-order valence-corrected chi connectivity index (χ2v) is 8.16. The van der Waals surface area contributed by atoms with Crippen molar-refractivity contribution in [3.05, 3.63) is 76.5 Å². The van der Waals surface area contributed by atoms with Gasteiger partial charge in [0, 0.05) is 16.4 Å². The van der Waals surface area contributed by atoms with Crippen LogP contribution in [-0.4, -0.2) is 19.9 Å². The first-order chi connectivity index (χ1) is 13.8. The molecule has 0 saturated carbocycles. The van der Waals surface area contributed by atoms with Gasteiger partial charge in [-0.1, -0.05) is 30.3 Å². The molecule has 1 aromatic heterocycles. The summed E-state index contributed by atoms with van der Waals surface area (Å²) in [5, 5.41) is 7.07. The largest absolute Gasteiger partial charge is 0.417 e. The predicted molar refractivity (Wildman–Crippen MR) is 103 cm³/mol. The smallest absolute Gasteiger partial charge is 0.306 e. The van der Waals surface area contributed by atoms with E-state index in [1.165, 1.54) is 16.8 Å². The molecule has 29 heavy (non-hydrogen) atoms. The quantitative estimate of drug-likeness (QED) is 0.692. The highest BCUT2D eigenvalue weighted by atomic mass is 32.2. The molecule has 1 amide bonds. The van der Waals surface area contributed by atoms with Crippen LogP contribution in [0.3, 0.4) is 0 Å². The average Bonchev–Trinajstić information content (AvgIpc) is 3.18. The Kier molecular flexibility index (Phi) is 4.77. The summed E-state index contributed by atoms with van der Waals surface area (Å²) in [6, 6.07) is 11.9. The topological polar surface area (TPSA) is 64.0 Å². The molecule has 0 unspecified atom stereocenters. The van der Waals surface area contributed by atoms with E-state index in [1.54, 1.807) is 12.1 Å². The third-order valence-corrected chi connectivity index (χ3v) is 5.93. The highest BCUT2D eigenvalue weighted by Gasteiger charge is 2.36. The molecule has 2 aromatic carbocycles. The number of alkyl halides is 3. The van der Waals surface area contributed by atoms with Gasteiger partial charge in [-0.2, -0.15) is 18.3 Å². The lowest BCUT2D eigenvalue weighted by Gasteiger charge is -2.15. The number of carbonyl (C=O) groups excluding carboxylic acids is 1. The molecule has 1 N–H and O–H groups in total. The fraction of sp³-hybridized carbons (Fsp3) is 0.200. The fourth-order valence-corrected chi connectivity index (χ4v) is 4.60. The number of hydrogen-bond acceptors (Lipinski definition) is 3. The van der Waals surface area contributed by atoms with E-state index >= 15 is 0 Å². The van der Waals surface area contributed by atoms with Crippen LogP contribution >= 0.6 is 0 Å². The van der Waals surface area contributed by atoms with Crippen molar-refractivity contribution in [2.24, 2.45) is 0 Å². The van der Waals surface area contributed by atoms with Crippen LogP contribution in [0.4, 0.5) is 19.0 Å². The zero-order valence-electron chi connectivity index (χ0n) is 15.3. The van der Waals surface area contributed by atoms with Gasteiger partial charge in [0.25, 0.3) is 5.91 Å². The molecule has 2 heterocycles. The first-order valence-electron chi connectivity index (χ1n) is 8.75. The Hall–Kier alpha value is -2.94. The summed E-state index contributed by atoms with van der Waals surface area (Å²) >= 11 is 0. The molecule has 4 rings (SSSR count). The van der Waals surface area contributed by atoms with Crippen LogP contribution in [0.5, 0.6) is 0 Å². The van der Waals surface area contributed by atoms with E-state index in [4.69, 9.17) is 0 Å². The lowest BCUT2D eigenvalue weighted by Crippen LogP contribution is -2.21. The minimum Gasteiger partial charge on any atom is -0.306 e. The zero-order valence-corrected chi connectivity index (χ0v) is 16.1. The van der Waals surface area contributed by atoms with Crippen molar-refractivity contribution >= 4 is 22.5 Å². The molecule has 0 bridgehead atoms. The third kappa shape index (κ3) is 3.57. The summed E-state index contributed by atoms with van der Waals surface area (Å²) in [6.45, 7) is 1.87. The maximum Gasteiger partial charge on any atom is 0.417 e. The fourth-order valence-electron chi connectivity index (χ4n) is 3.33. The predicted octanol–water partition coefficient (Wildman–Crippen LogP) is 4.21. The number of aryl methyl sites for hydroxylation is 1. The number of nitrogens with zero attached hydrogens (tertiary/aromatic N) is 2. The molecule has 0 spiro atoms. The molecule has 0 saturated heterocycles. The van der Waals surface area contributed by atoms with Gasteiger partial charge in [0.15, 0.2) is 0 Å². The number of anilines is 1. The Labute approximate surface area is 167 Å². The monoisotopic (exact) mass is 419 g/mol. The number of halogens is 3. The third-order valence-electron chi connectivity index (χ3n) is 4.72. The first kappa shape index (κ1) is 19.4.